The molecular weight excluding hydrogens is 314 g/mol. The molecule has 5 nitrogen and oxygen atoms in total. The van der Waals surface area contributed by atoms with E-state index in [9.17, 15) is 9.59 Å². The molecule has 136 valence electrons. The molecule has 2 aliphatic heterocycles. The van der Waals surface area contributed by atoms with Gasteiger partial charge in [0.2, 0.25) is 11.8 Å². The van der Waals surface area contributed by atoms with Crippen molar-refractivity contribution in [3.05, 3.63) is 35.9 Å². The van der Waals surface area contributed by atoms with Gasteiger partial charge in [-0.2, -0.15) is 0 Å². The summed E-state index contributed by atoms with van der Waals surface area (Å²) in [5, 5.41) is 3.26. The highest BCUT2D eigenvalue weighted by atomic mass is 16.2. The lowest BCUT2D eigenvalue weighted by Gasteiger charge is -2.48. The lowest BCUT2D eigenvalue weighted by atomic mass is 9.73. The number of carbonyl (C=O) groups is 2. The summed E-state index contributed by atoms with van der Waals surface area (Å²) in [4.78, 5) is 28.6. The largest absolute Gasteiger partial charge is 0.342 e. The zero-order valence-corrected chi connectivity index (χ0v) is 15.2. The standard InChI is InChI=1S/C20H29N3O2/c1-2-22-15-20(11-9-18(22)24)10-6-12-23(16-20)19(25)14-21-13-17-7-4-3-5-8-17/h3-5,7-8,21H,2,6,9-16H2,1H3/t20-/m1/s1. The van der Waals surface area contributed by atoms with E-state index < -0.39 is 0 Å². The van der Waals surface area contributed by atoms with Gasteiger partial charge >= 0.3 is 0 Å². The number of hydrogen-bond acceptors (Lipinski definition) is 3. The summed E-state index contributed by atoms with van der Waals surface area (Å²) in [6.07, 6.45) is 3.71. The maximum Gasteiger partial charge on any atom is 0.236 e. The van der Waals surface area contributed by atoms with Crippen molar-refractivity contribution in [3.8, 4) is 0 Å². The summed E-state index contributed by atoms with van der Waals surface area (Å²) in [6.45, 7) is 6.34. The number of likely N-dealkylation sites (tertiary alicyclic amines) is 2. The summed E-state index contributed by atoms with van der Waals surface area (Å²) in [7, 11) is 0. The van der Waals surface area contributed by atoms with Crippen molar-refractivity contribution in [2.75, 3.05) is 32.7 Å². The Morgan fingerprint density at radius 1 is 1.20 bits per heavy atom. The molecule has 1 spiro atoms. The van der Waals surface area contributed by atoms with Gasteiger partial charge < -0.3 is 15.1 Å². The summed E-state index contributed by atoms with van der Waals surface area (Å²) < 4.78 is 0. The molecule has 2 fully saturated rings. The van der Waals surface area contributed by atoms with Gasteiger partial charge in [0.25, 0.3) is 0 Å². The molecule has 1 atom stereocenters. The van der Waals surface area contributed by atoms with Crippen molar-refractivity contribution in [2.24, 2.45) is 5.41 Å². The molecule has 1 N–H and O–H groups in total. The topological polar surface area (TPSA) is 52.6 Å². The second kappa shape index (κ2) is 8.00. The van der Waals surface area contributed by atoms with Crippen LogP contribution in [0.1, 0.15) is 38.2 Å². The van der Waals surface area contributed by atoms with Gasteiger partial charge in [0.1, 0.15) is 0 Å². The van der Waals surface area contributed by atoms with Gasteiger partial charge in [-0.05, 0) is 31.7 Å². The van der Waals surface area contributed by atoms with Gasteiger partial charge in [0.05, 0.1) is 6.54 Å². The van der Waals surface area contributed by atoms with E-state index in [1.807, 2.05) is 34.9 Å². The molecule has 25 heavy (non-hydrogen) atoms. The van der Waals surface area contributed by atoms with Crippen LogP contribution >= 0.6 is 0 Å². The minimum atomic E-state index is 0.108. The minimum Gasteiger partial charge on any atom is -0.342 e. The SMILES string of the molecule is CCN1C[C@@]2(CCCN(C(=O)CNCc3ccccc3)C2)CCC1=O. The van der Waals surface area contributed by atoms with E-state index in [0.717, 1.165) is 45.4 Å². The Morgan fingerprint density at radius 2 is 2.00 bits per heavy atom. The number of carbonyl (C=O) groups excluding carboxylic acids is 2. The van der Waals surface area contributed by atoms with Crippen LogP contribution in [0.2, 0.25) is 0 Å². The van der Waals surface area contributed by atoms with Crippen molar-refractivity contribution >= 4 is 11.8 Å². The van der Waals surface area contributed by atoms with Crippen molar-refractivity contribution in [2.45, 2.75) is 39.2 Å². The maximum absolute atomic E-state index is 12.6. The first-order valence-electron chi connectivity index (χ1n) is 9.42. The van der Waals surface area contributed by atoms with E-state index in [1.54, 1.807) is 0 Å². The third-order valence-electron chi connectivity index (χ3n) is 5.59. The Labute approximate surface area is 150 Å². The second-order valence-electron chi connectivity index (χ2n) is 7.42. The predicted molar refractivity (Wildman–Crippen MR) is 97.9 cm³/mol. The molecule has 0 aromatic heterocycles. The van der Waals surface area contributed by atoms with Gasteiger partial charge in [-0.1, -0.05) is 30.3 Å². The van der Waals surface area contributed by atoms with Crippen LogP contribution in [-0.4, -0.2) is 54.3 Å². The van der Waals surface area contributed by atoms with Gasteiger partial charge in [0, 0.05) is 44.6 Å². The average Bonchev–Trinajstić information content (AvgIpc) is 2.65. The van der Waals surface area contributed by atoms with Crippen molar-refractivity contribution in [3.63, 3.8) is 0 Å². The third-order valence-corrected chi connectivity index (χ3v) is 5.59. The van der Waals surface area contributed by atoms with Gasteiger partial charge in [-0.3, -0.25) is 9.59 Å². The number of rotatable bonds is 5. The predicted octanol–water partition coefficient (Wildman–Crippen LogP) is 2.03. The van der Waals surface area contributed by atoms with Crippen LogP contribution < -0.4 is 5.32 Å². The highest BCUT2D eigenvalue weighted by molar-refractivity contribution is 5.79. The maximum atomic E-state index is 12.6. The molecule has 0 radical (unpaired) electrons. The summed E-state index contributed by atoms with van der Waals surface area (Å²) >= 11 is 0. The molecule has 2 amide bonds. The fraction of sp³-hybridized carbons (Fsp3) is 0.600. The first kappa shape index (κ1) is 17.9. The summed E-state index contributed by atoms with van der Waals surface area (Å²) in [6, 6.07) is 10.1. The highest BCUT2D eigenvalue weighted by Crippen LogP contribution is 2.38. The Kier molecular flexibility index (Phi) is 5.74. The van der Waals surface area contributed by atoms with Gasteiger partial charge in [-0.25, -0.2) is 0 Å². The first-order valence-corrected chi connectivity index (χ1v) is 9.42. The number of piperidine rings is 2. The molecule has 5 heteroatoms. The van der Waals surface area contributed by atoms with E-state index in [4.69, 9.17) is 0 Å². The third kappa shape index (κ3) is 4.40. The number of hydrogen-bond donors (Lipinski definition) is 1. The Balaban J connectivity index is 1.52. The fourth-order valence-electron chi connectivity index (χ4n) is 4.17. The van der Waals surface area contributed by atoms with Gasteiger partial charge in [0.15, 0.2) is 0 Å². The van der Waals surface area contributed by atoms with Gasteiger partial charge in [-0.15, -0.1) is 0 Å². The van der Waals surface area contributed by atoms with Crippen molar-refractivity contribution < 1.29 is 9.59 Å². The molecule has 2 heterocycles. The summed E-state index contributed by atoms with van der Waals surface area (Å²) in [5.41, 5.74) is 1.30. The molecule has 2 saturated heterocycles. The molecule has 3 rings (SSSR count). The van der Waals surface area contributed by atoms with Crippen LogP contribution in [0.5, 0.6) is 0 Å². The minimum absolute atomic E-state index is 0.108. The Hall–Kier alpha value is -1.88. The van der Waals surface area contributed by atoms with E-state index in [1.165, 1.54) is 5.56 Å². The number of nitrogens with zero attached hydrogens (tertiary/aromatic N) is 2. The van der Waals surface area contributed by atoms with E-state index in [2.05, 4.69) is 17.4 Å². The smallest absolute Gasteiger partial charge is 0.236 e. The Bertz CT molecular complexity index is 604. The molecule has 0 bridgehead atoms. The lowest BCUT2D eigenvalue weighted by molar-refractivity contribution is -0.142. The van der Waals surface area contributed by atoms with E-state index in [0.29, 0.717) is 19.5 Å². The fourth-order valence-corrected chi connectivity index (χ4v) is 4.17. The van der Waals surface area contributed by atoms with Crippen LogP contribution in [0.4, 0.5) is 0 Å². The van der Waals surface area contributed by atoms with Crippen LogP contribution in [-0.2, 0) is 16.1 Å². The van der Waals surface area contributed by atoms with E-state index >= 15 is 0 Å². The monoisotopic (exact) mass is 343 g/mol. The van der Waals surface area contributed by atoms with E-state index in [-0.39, 0.29) is 17.2 Å². The van der Waals surface area contributed by atoms with Crippen LogP contribution in [0.15, 0.2) is 30.3 Å². The van der Waals surface area contributed by atoms with Crippen molar-refractivity contribution in [1.82, 2.24) is 15.1 Å². The normalized spacial score (nSPS) is 24.0. The zero-order valence-electron chi connectivity index (χ0n) is 15.2. The van der Waals surface area contributed by atoms with Crippen LogP contribution in [0.25, 0.3) is 0 Å². The van der Waals surface area contributed by atoms with Crippen LogP contribution in [0, 0.1) is 5.41 Å². The number of amides is 2. The number of nitrogens with one attached hydrogen (secondary N) is 1. The van der Waals surface area contributed by atoms with Crippen molar-refractivity contribution in [1.29, 1.82) is 0 Å². The number of benzene rings is 1. The summed E-state index contributed by atoms with van der Waals surface area (Å²) in [5.74, 6) is 0.441. The highest BCUT2D eigenvalue weighted by Gasteiger charge is 2.42. The lowest BCUT2D eigenvalue weighted by Crippen LogP contribution is -2.55. The second-order valence-corrected chi connectivity index (χ2v) is 7.42. The molecule has 1 aromatic rings. The molecule has 0 aliphatic carbocycles. The molecule has 1 aromatic carbocycles. The molecule has 0 saturated carbocycles. The molecule has 0 unspecified atom stereocenters. The Morgan fingerprint density at radius 3 is 2.76 bits per heavy atom. The quantitative estimate of drug-likeness (QED) is 0.890. The molecule has 2 aliphatic rings. The average molecular weight is 343 g/mol. The van der Waals surface area contributed by atoms with Crippen LogP contribution in [0.3, 0.4) is 0 Å². The molecular formula is C20H29N3O2. The zero-order chi connectivity index (χ0) is 17.7. The first-order chi connectivity index (χ1) is 12.1.